The van der Waals surface area contributed by atoms with Crippen LogP contribution in [0.3, 0.4) is 0 Å². The Bertz CT molecular complexity index is 592. The molecule has 2 aliphatic heterocycles. The molecule has 3 aliphatic rings. The monoisotopic (exact) mass is 320 g/mol. The van der Waals surface area contributed by atoms with Gasteiger partial charge in [0.15, 0.2) is 0 Å². The number of piperidine rings is 1. The molecule has 22 heavy (non-hydrogen) atoms. The van der Waals surface area contributed by atoms with Crippen molar-refractivity contribution in [3.63, 3.8) is 0 Å². The first kappa shape index (κ1) is 14.9. The molecule has 2 heterocycles. The van der Waals surface area contributed by atoms with Crippen molar-refractivity contribution in [2.24, 2.45) is 5.92 Å². The Labute approximate surface area is 133 Å². The van der Waals surface area contributed by atoms with Crippen molar-refractivity contribution in [3.05, 3.63) is 48.0 Å². The fourth-order valence-corrected chi connectivity index (χ4v) is 3.49. The summed E-state index contributed by atoms with van der Waals surface area (Å²) in [5.74, 6) is 0.124. The molecule has 116 valence electrons. The molecule has 1 fully saturated rings. The second-order valence-corrected chi connectivity index (χ2v) is 6.29. The summed E-state index contributed by atoms with van der Waals surface area (Å²) in [5, 5.41) is 2.64. The summed E-state index contributed by atoms with van der Waals surface area (Å²) in [7, 11) is 0. The summed E-state index contributed by atoms with van der Waals surface area (Å²) in [6.45, 7) is 0.775. The molecule has 4 rings (SSSR count). The zero-order valence-electron chi connectivity index (χ0n) is 11.9. The van der Waals surface area contributed by atoms with E-state index in [9.17, 15) is 9.59 Å². The number of rotatable bonds is 4. The van der Waals surface area contributed by atoms with Gasteiger partial charge >= 0.3 is 6.09 Å². The molecule has 0 aromatic heterocycles. The summed E-state index contributed by atoms with van der Waals surface area (Å²) in [6.07, 6.45) is 4.68. The number of nitrogens with one attached hydrogen (secondary N) is 1. The molecule has 1 aliphatic carbocycles. The first-order valence-corrected chi connectivity index (χ1v) is 7.56. The quantitative estimate of drug-likeness (QED) is 0.401. The molecule has 2 amide bonds. The number of ether oxygens (including phenoxy) is 1. The van der Waals surface area contributed by atoms with Crippen LogP contribution >= 0.6 is 11.6 Å². The number of halogens is 1. The van der Waals surface area contributed by atoms with E-state index in [1.165, 1.54) is 0 Å². The van der Waals surface area contributed by atoms with Gasteiger partial charge in [-0.3, -0.25) is 9.69 Å². The fourth-order valence-electron chi connectivity index (χ4n) is 3.06. The molecule has 2 bridgehead atoms. The van der Waals surface area contributed by atoms with Crippen molar-refractivity contribution in [1.82, 2.24) is 10.2 Å². The minimum atomic E-state index is -0.953. The fraction of sp³-hybridized carbons (Fsp3) is 0.375. The molecule has 1 saturated heterocycles. The van der Waals surface area contributed by atoms with E-state index in [0.29, 0.717) is 19.4 Å². The van der Waals surface area contributed by atoms with Gasteiger partial charge in [-0.1, -0.05) is 54.1 Å². The Morgan fingerprint density at radius 1 is 1.41 bits per heavy atom. The zero-order valence-corrected chi connectivity index (χ0v) is 12.7. The average Bonchev–Trinajstić information content (AvgIpc) is 2.53. The van der Waals surface area contributed by atoms with E-state index in [-0.39, 0.29) is 12.5 Å². The van der Waals surface area contributed by atoms with Crippen molar-refractivity contribution in [1.29, 1.82) is 0 Å². The van der Waals surface area contributed by atoms with Crippen LogP contribution in [0.25, 0.3) is 0 Å². The highest BCUT2D eigenvalue weighted by Crippen LogP contribution is 2.40. The number of benzene rings is 1. The normalized spacial score (nSPS) is 29.2. The van der Waals surface area contributed by atoms with E-state index in [4.69, 9.17) is 16.3 Å². The van der Waals surface area contributed by atoms with Gasteiger partial charge in [0.1, 0.15) is 11.6 Å². The molecular weight excluding hydrogens is 304 g/mol. The molecule has 6 heteroatoms. The maximum Gasteiger partial charge on any atom is 0.410 e. The van der Waals surface area contributed by atoms with E-state index in [0.717, 1.165) is 5.56 Å². The van der Waals surface area contributed by atoms with Gasteiger partial charge in [-0.15, -0.1) is 0 Å². The van der Waals surface area contributed by atoms with Gasteiger partial charge in [0.25, 0.3) is 0 Å². The molecule has 5 nitrogen and oxygen atoms in total. The SMILES string of the molecule is O=CNC1(Cl)CC2C=CC1N(C(=O)OCc1ccccc1)C2. The highest BCUT2D eigenvalue weighted by atomic mass is 35.5. The molecule has 3 atom stereocenters. The van der Waals surface area contributed by atoms with Gasteiger partial charge < -0.3 is 10.1 Å². The molecular formula is C16H17ClN2O3. The summed E-state index contributed by atoms with van der Waals surface area (Å²) < 4.78 is 5.37. The summed E-state index contributed by atoms with van der Waals surface area (Å²) in [4.78, 5) is 23.8. The van der Waals surface area contributed by atoms with Crippen molar-refractivity contribution in [2.45, 2.75) is 24.1 Å². The Balaban J connectivity index is 1.68. The summed E-state index contributed by atoms with van der Waals surface area (Å²) in [5.41, 5.74) is 0.928. The van der Waals surface area contributed by atoms with Crippen molar-refractivity contribution >= 4 is 24.1 Å². The first-order valence-electron chi connectivity index (χ1n) is 7.18. The Kier molecular flexibility index (Phi) is 4.07. The van der Waals surface area contributed by atoms with Crippen LogP contribution in [-0.4, -0.2) is 35.0 Å². The van der Waals surface area contributed by atoms with Gasteiger partial charge in [-0.05, 0) is 17.9 Å². The number of nitrogens with zero attached hydrogens (tertiary/aromatic N) is 1. The lowest BCUT2D eigenvalue weighted by Crippen LogP contribution is -2.65. The molecule has 1 aromatic carbocycles. The smallest absolute Gasteiger partial charge is 0.410 e. The maximum atomic E-state index is 12.3. The Morgan fingerprint density at radius 3 is 2.86 bits per heavy atom. The van der Waals surface area contributed by atoms with Crippen LogP contribution < -0.4 is 5.32 Å². The predicted molar refractivity (Wildman–Crippen MR) is 82.2 cm³/mol. The second kappa shape index (κ2) is 6.01. The molecule has 3 unspecified atom stereocenters. The van der Waals surface area contributed by atoms with Crippen LogP contribution in [0.15, 0.2) is 42.5 Å². The number of carbonyl (C=O) groups excluding carboxylic acids is 2. The topological polar surface area (TPSA) is 58.6 Å². The second-order valence-electron chi connectivity index (χ2n) is 5.61. The van der Waals surface area contributed by atoms with Crippen LogP contribution in [0, 0.1) is 5.92 Å². The predicted octanol–water partition coefficient (Wildman–Crippen LogP) is 2.26. The average molecular weight is 321 g/mol. The summed E-state index contributed by atoms with van der Waals surface area (Å²) in [6, 6.07) is 9.10. The van der Waals surface area contributed by atoms with Crippen LogP contribution in [0.4, 0.5) is 4.79 Å². The Morgan fingerprint density at radius 2 is 2.18 bits per heavy atom. The van der Waals surface area contributed by atoms with Crippen LogP contribution in [0.1, 0.15) is 12.0 Å². The number of carbonyl (C=O) groups is 2. The molecule has 0 radical (unpaired) electrons. The van der Waals surface area contributed by atoms with Crippen LogP contribution in [0.2, 0.25) is 0 Å². The largest absolute Gasteiger partial charge is 0.445 e. The lowest BCUT2D eigenvalue weighted by Gasteiger charge is -2.49. The highest BCUT2D eigenvalue weighted by Gasteiger charge is 2.49. The molecule has 0 saturated carbocycles. The van der Waals surface area contributed by atoms with Gasteiger partial charge in [-0.25, -0.2) is 4.79 Å². The highest BCUT2D eigenvalue weighted by molar-refractivity contribution is 6.25. The minimum absolute atomic E-state index is 0.124. The maximum absolute atomic E-state index is 12.3. The third-order valence-electron chi connectivity index (χ3n) is 4.10. The van der Waals surface area contributed by atoms with Gasteiger partial charge in [0, 0.05) is 6.54 Å². The number of fused-ring (bicyclic) bond motifs is 2. The minimum Gasteiger partial charge on any atom is -0.445 e. The number of hydrogen-bond acceptors (Lipinski definition) is 3. The van der Waals surface area contributed by atoms with E-state index >= 15 is 0 Å². The van der Waals surface area contributed by atoms with Crippen molar-refractivity contribution in [3.8, 4) is 0 Å². The van der Waals surface area contributed by atoms with E-state index < -0.39 is 17.1 Å². The van der Waals surface area contributed by atoms with Crippen LogP contribution in [-0.2, 0) is 16.1 Å². The zero-order chi connectivity index (χ0) is 15.6. The molecule has 1 aromatic rings. The van der Waals surface area contributed by atoms with Gasteiger partial charge in [0.2, 0.25) is 6.41 Å². The number of alkyl halides is 1. The van der Waals surface area contributed by atoms with E-state index in [2.05, 4.69) is 5.32 Å². The number of hydrogen-bond donors (Lipinski definition) is 1. The lowest BCUT2D eigenvalue weighted by molar-refractivity contribution is -0.111. The lowest BCUT2D eigenvalue weighted by atomic mass is 9.82. The Hall–Kier alpha value is -2.01. The first-order chi connectivity index (χ1) is 10.6. The van der Waals surface area contributed by atoms with Crippen LogP contribution in [0.5, 0.6) is 0 Å². The van der Waals surface area contributed by atoms with Crippen molar-refractivity contribution in [2.75, 3.05) is 6.54 Å². The molecule has 0 spiro atoms. The van der Waals surface area contributed by atoms with E-state index in [1.54, 1.807) is 4.90 Å². The third-order valence-corrected chi connectivity index (χ3v) is 4.59. The summed E-state index contributed by atoms with van der Waals surface area (Å²) >= 11 is 6.48. The molecule has 1 N–H and O–H groups in total. The van der Waals surface area contributed by atoms with Gasteiger partial charge in [-0.2, -0.15) is 0 Å². The van der Waals surface area contributed by atoms with Gasteiger partial charge in [0.05, 0.1) is 6.04 Å². The standard InChI is InChI=1S/C16H17ClN2O3/c17-16(18-11-20)8-13-6-7-14(16)19(9-13)15(21)22-10-12-4-2-1-3-5-12/h1-7,11,13-14H,8-10H2,(H,18,20). The number of amides is 2. The van der Waals surface area contributed by atoms with Crippen molar-refractivity contribution < 1.29 is 14.3 Å². The third kappa shape index (κ3) is 2.81. The van der Waals surface area contributed by atoms with E-state index in [1.807, 2.05) is 42.5 Å².